The van der Waals surface area contributed by atoms with Crippen molar-refractivity contribution in [2.24, 2.45) is 0 Å². The van der Waals surface area contributed by atoms with Crippen molar-refractivity contribution in [2.75, 3.05) is 16.7 Å². The van der Waals surface area contributed by atoms with E-state index in [0.29, 0.717) is 16.9 Å². The Labute approximate surface area is 158 Å². The summed E-state index contributed by atoms with van der Waals surface area (Å²) in [6.45, 7) is 1.80. The fourth-order valence-corrected chi connectivity index (χ4v) is 3.88. The quantitative estimate of drug-likeness (QED) is 0.734. The van der Waals surface area contributed by atoms with Crippen LogP contribution in [0.15, 0.2) is 78.0 Å². The summed E-state index contributed by atoms with van der Waals surface area (Å²) >= 11 is 0. The number of rotatable bonds is 5. The molecule has 27 heavy (non-hydrogen) atoms. The van der Waals surface area contributed by atoms with E-state index in [1.807, 2.05) is 0 Å². The van der Waals surface area contributed by atoms with Crippen LogP contribution >= 0.6 is 0 Å². The Hall–Kier alpha value is -3.19. The summed E-state index contributed by atoms with van der Waals surface area (Å²) in [5.74, 6) is -0.338. The van der Waals surface area contributed by atoms with Crippen LogP contribution in [-0.4, -0.2) is 26.4 Å². The maximum Gasteiger partial charge on any atom is 0.264 e. The van der Waals surface area contributed by atoms with Gasteiger partial charge in [-0.05, 0) is 48.9 Å². The number of benzene rings is 2. The molecule has 0 radical (unpaired) electrons. The second-order valence-corrected chi connectivity index (χ2v) is 7.95. The highest BCUT2D eigenvalue weighted by Crippen LogP contribution is 2.26. The molecule has 1 amide bonds. The minimum absolute atomic E-state index is 0.192. The number of amides is 1. The molecule has 0 atom stereocenters. The van der Waals surface area contributed by atoms with Crippen molar-refractivity contribution in [1.29, 1.82) is 0 Å². The van der Waals surface area contributed by atoms with Gasteiger partial charge in [-0.15, -0.1) is 0 Å². The Bertz CT molecular complexity index is 1050. The van der Waals surface area contributed by atoms with Gasteiger partial charge in [-0.3, -0.25) is 14.1 Å². The van der Waals surface area contributed by atoms with Gasteiger partial charge in [0.05, 0.1) is 22.5 Å². The van der Waals surface area contributed by atoms with Crippen LogP contribution in [0.1, 0.15) is 15.9 Å². The molecule has 0 fully saturated rings. The molecule has 3 rings (SSSR count). The average Bonchev–Trinajstić information content (AvgIpc) is 2.69. The normalized spacial score (nSPS) is 11.0. The van der Waals surface area contributed by atoms with Gasteiger partial charge in [0.15, 0.2) is 0 Å². The van der Waals surface area contributed by atoms with Crippen molar-refractivity contribution in [1.82, 2.24) is 4.98 Å². The Morgan fingerprint density at radius 2 is 1.78 bits per heavy atom. The van der Waals surface area contributed by atoms with Gasteiger partial charge >= 0.3 is 0 Å². The zero-order chi connectivity index (χ0) is 19.4. The summed E-state index contributed by atoms with van der Waals surface area (Å²) in [4.78, 5) is 16.7. The molecule has 0 spiro atoms. The topological polar surface area (TPSA) is 79.4 Å². The number of hydrogen-bond donors (Lipinski definition) is 1. The summed E-state index contributed by atoms with van der Waals surface area (Å²) in [7, 11) is -2.24. The van der Waals surface area contributed by atoms with Crippen LogP contribution in [0.4, 0.5) is 11.4 Å². The van der Waals surface area contributed by atoms with Crippen molar-refractivity contribution >= 4 is 27.3 Å². The lowest BCUT2D eigenvalue weighted by Gasteiger charge is -2.22. The highest BCUT2D eigenvalue weighted by Gasteiger charge is 2.23. The van der Waals surface area contributed by atoms with E-state index in [4.69, 9.17) is 0 Å². The molecule has 7 heteroatoms. The lowest BCUT2D eigenvalue weighted by molar-refractivity contribution is 0.102. The molecular weight excluding hydrogens is 362 g/mol. The molecule has 0 saturated heterocycles. The predicted molar refractivity (Wildman–Crippen MR) is 105 cm³/mol. The molecule has 0 unspecified atom stereocenters. The first kappa shape index (κ1) is 18.6. The van der Waals surface area contributed by atoms with E-state index >= 15 is 0 Å². The van der Waals surface area contributed by atoms with Gasteiger partial charge in [-0.25, -0.2) is 8.42 Å². The molecular formula is C20H19N3O3S. The molecule has 2 aromatic carbocycles. The van der Waals surface area contributed by atoms with Crippen molar-refractivity contribution in [2.45, 2.75) is 11.8 Å². The van der Waals surface area contributed by atoms with Crippen LogP contribution in [0.2, 0.25) is 0 Å². The number of hydrogen-bond acceptors (Lipinski definition) is 4. The van der Waals surface area contributed by atoms with E-state index < -0.39 is 10.0 Å². The van der Waals surface area contributed by atoms with Gasteiger partial charge in [0.2, 0.25) is 0 Å². The number of nitrogens with one attached hydrogen (secondary N) is 1. The number of nitrogens with zero attached hydrogens (tertiary/aromatic N) is 2. The Balaban J connectivity index is 1.92. The summed E-state index contributed by atoms with van der Waals surface area (Å²) in [6, 6.07) is 16.6. The summed E-state index contributed by atoms with van der Waals surface area (Å²) in [5.41, 5.74) is 2.11. The first-order valence-electron chi connectivity index (χ1n) is 8.25. The van der Waals surface area contributed by atoms with Gasteiger partial charge < -0.3 is 5.32 Å². The summed E-state index contributed by atoms with van der Waals surface area (Å²) in [6.07, 6.45) is 3.15. The largest absolute Gasteiger partial charge is 0.321 e. The minimum atomic E-state index is -3.72. The first-order chi connectivity index (χ1) is 12.9. The van der Waals surface area contributed by atoms with Crippen LogP contribution in [0.3, 0.4) is 0 Å². The number of aryl methyl sites for hydroxylation is 1. The van der Waals surface area contributed by atoms with E-state index in [2.05, 4.69) is 10.3 Å². The van der Waals surface area contributed by atoms with Gasteiger partial charge in [-0.1, -0.05) is 24.3 Å². The fourth-order valence-electron chi connectivity index (χ4n) is 2.61. The molecule has 1 N–H and O–H groups in total. The molecule has 1 aromatic heterocycles. The Morgan fingerprint density at radius 3 is 2.44 bits per heavy atom. The van der Waals surface area contributed by atoms with E-state index in [1.165, 1.54) is 11.4 Å². The average molecular weight is 381 g/mol. The molecule has 3 aromatic rings. The molecule has 0 aliphatic rings. The van der Waals surface area contributed by atoms with Gasteiger partial charge in [0, 0.05) is 18.8 Å². The van der Waals surface area contributed by atoms with Crippen LogP contribution < -0.4 is 9.62 Å². The highest BCUT2D eigenvalue weighted by atomic mass is 32.2. The molecule has 0 saturated carbocycles. The van der Waals surface area contributed by atoms with Crippen molar-refractivity contribution in [3.05, 3.63) is 84.2 Å². The Morgan fingerprint density at radius 1 is 1.04 bits per heavy atom. The van der Waals surface area contributed by atoms with Crippen LogP contribution in [0, 0.1) is 6.92 Å². The monoisotopic (exact) mass is 381 g/mol. The number of sulfonamides is 1. The van der Waals surface area contributed by atoms with Gasteiger partial charge in [0.25, 0.3) is 15.9 Å². The smallest absolute Gasteiger partial charge is 0.264 e. The van der Waals surface area contributed by atoms with E-state index in [9.17, 15) is 13.2 Å². The SMILES string of the molecule is Cc1ccc(C(=O)Nc2cccnc2)cc1N(C)S(=O)(=O)c1ccccc1. The Kier molecular flexibility index (Phi) is 5.23. The zero-order valence-electron chi connectivity index (χ0n) is 15.0. The zero-order valence-corrected chi connectivity index (χ0v) is 15.8. The number of aromatic nitrogens is 1. The van der Waals surface area contributed by atoms with Crippen molar-refractivity contribution in [3.63, 3.8) is 0 Å². The number of pyridine rings is 1. The van der Waals surface area contributed by atoms with Crippen LogP contribution in [0.25, 0.3) is 0 Å². The van der Waals surface area contributed by atoms with Crippen molar-refractivity contribution < 1.29 is 13.2 Å². The van der Waals surface area contributed by atoms with E-state index in [0.717, 1.165) is 5.56 Å². The highest BCUT2D eigenvalue weighted by molar-refractivity contribution is 7.92. The second kappa shape index (κ2) is 7.59. The molecule has 1 heterocycles. The van der Waals surface area contributed by atoms with Crippen LogP contribution in [-0.2, 0) is 10.0 Å². The number of carbonyl (C=O) groups excluding carboxylic acids is 1. The summed E-state index contributed by atoms with van der Waals surface area (Å²) < 4.78 is 26.9. The van der Waals surface area contributed by atoms with Gasteiger partial charge in [0.1, 0.15) is 0 Å². The summed E-state index contributed by atoms with van der Waals surface area (Å²) in [5, 5.41) is 2.74. The molecule has 138 valence electrons. The van der Waals surface area contributed by atoms with Crippen LogP contribution in [0.5, 0.6) is 0 Å². The third-order valence-corrected chi connectivity index (χ3v) is 5.92. The third-order valence-electron chi connectivity index (χ3n) is 4.13. The standard InChI is InChI=1S/C20H19N3O3S/c1-15-10-11-16(20(24)22-17-7-6-12-21-14-17)13-19(15)23(2)27(25,26)18-8-4-3-5-9-18/h3-14H,1-2H3,(H,22,24). The lowest BCUT2D eigenvalue weighted by atomic mass is 10.1. The van der Waals surface area contributed by atoms with Gasteiger partial charge in [-0.2, -0.15) is 0 Å². The fraction of sp³-hybridized carbons (Fsp3) is 0.100. The molecule has 6 nitrogen and oxygen atoms in total. The van der Waals surface area contributed by atoms with E-state index in [1.54, 1.807) is 80.0 Å². The first-order valence-corrected chi connectivity index (χ1v) is 9.69. The second-order valence-electron chi connectivity index (χ2n) is 5.98. The molecule has 0 aliphatic carbocycles. The maximum atomic E-state index is 12.9. The third kappa shape index (κ3) is 3.98. The van der Waals surface area contributed by atoms with Crippen molar-refractivity contribution in [3.8, 4) is 0 Å². The molecule has 0 bridgehead atoms. The molecule has 0 aliphatic heterocycles. The minimum Gasteiger partial charge on any atom is -0.321 e. The number of carbonyl (C=O) groups is 1. The maximum absolute atomic E-state index is 12.9. The van der Waals surface area contributed by atoms with E-state index in [-0.39, 0.29) is 10.8 Å². The lowest BCUT2D eigenvalue weighted by Crippen LogP contribution is -2.27. The predicted octanol–water partition coefficient (Wildman–Crippen LogP) is 3.47. The number of anilines is 2.